The van der Waals surface area contributed by atoms with Crippen LogP contribution in [0, 0.1) is 6.92 Å². The van der Waals surface area contributed by atoms with Gasteiger partial charge in [0.25, 0.3) is 0 Å². The molecule has 13 heavy (non-hydrogen) atoms. The van der Waals surface area contributed by atoms with Crippen LogP contribution in [0.25, 0.3) is 0 Å². The molecular formula is C8H9Cl2NO2. The fourth-order valence-electron chi connectivity index (χ4n) is 0.837. The van der Waals surface area contributed by atoms with Gasteiger partial charge in [-0.05, 0) is 18.6 Å². The Labute approximate surface area is 87.5 Å². The molecule has 0 spiro atoms. The lowest BCUT2D eigenvalue weighted by molar-refractivity contribution is 0.167. The lowest BCUT2D eigenvalue weighted by Gasteiger charge is -2.00. The molecule has 0 aromatic carbocycles. The van der Waals surface area contributed by atoms with Gasteiger partial charge in [0, 0.05) is 29.6 Å². The molecule has 3 nitrogen and oxygen atoms in total. The first-order valence-corrected chi connectivity index (χ1v) is 3.79. The minimum atomic E-state index is -0.795. The van der Waals surface area contributed by atoms with Crippen molar-refractivity contribution in [2.24, 2.45) is 0 Å². The molecule has 1 aromatic heterocycles. The number of carbonyl (C=O) groups is 1. The Morgan fingerprint density at radius 3 is 2.85 bits per heavy atom. The number of nitrogens with zero attached hydrogens (tertiary/aromatic N) is 1. The lowest BCUT2D eigenvalue weighted by atomic mass is 10.2. The molecular weight excluding hydrogens is 213 g/mol. The number of ether oxygens (including phenoxy) is 1. The summed E-state index contributed by atoms with van der Waals surface area (Å²) in [4.78, 5) is 14.2. The van der Waals surface area contributed by atoms with Crippen molar-refractivity contribution in [3.8, 4) is 0 Å². The minimum absolute atomic E-state index is 0. The highest BCUT2D eigenvalue weighted by atomic mass is 35.5. The van der Waals surface area contributed by atoms with E-state index < -0.39 is 5.43 Å². The number of aromatic nitrogens is 1. The van der Waals surface area contributed by atoms with E-state index in [1.54, 1.807) is 12.4 Å². The van der Waals surface area contributed by atoms with Crippen molar-refractivity contribution in [1.82, 2.24) is 4.98 Å². The Morgan fingerprint density at radius 1 is 1.62 bits per heavy atom. The Hall–Kier alpha value is -0.800. The minimum Gasteiger partial charge on any atom is -0.449 e. The number of aryl methyl sites for hydroxylation is 1. The van der Waals surface area contributed by atoms with Gasteiger partial charge >= 0.3 is 5.43 Å². The van der Waals surface area contributed by atoms with E-state index in [-0.39, 0.29) is 19.0 Å². The van der Waals surface area contributed by atoms with Gasteiger partial charge in [0.15, 0.2) is 0 Å². The van der Waals surface area contributed by atoms with E-state index in [1.807, 2.05) is 13.0 Å². The van der Waals surface area contributed by atoms with E-state index in [1.165, 1.54) is 0 Å². The molecule has 0 amide bonds. The molecule has 0 bridgehead atoms. The van der Waals surface area contributed by atoms with Gasteiger partial charge in [-0.25, -0.2) is 4.79 Å². The van der Waals surface area contributed by atoms with Gasteiger partial charge in [0.2, 0.25) is 0 Å². The van der Waals surface area contributed by atoms with E-state index in [9.17, 15) is 4.79 Å². The van der Waals surface area contributed by atoms with Crippen molar-refractivity contribution >= 4 is 29.4 Å². The second-order valence-electron chi connectivity index (χ2n) is 2.40. The molecule has 0 aliphatic rings. The average molecular weight is 222 g/mol. The molecule has 0 aliphatic carbocycles. The standard InChI is InChI=1S/C8H8ClNO2.ClH/c1-6-2-7(4-10-3-6)5-12-8(9)11;/h2-4H,5H2,1H3;1H. The van der Waals surface area contributed by atoms with Gasteiger partial charge < -0.3 is 4.74 Å². The van der Waals surface area contributed by atoms with Crippen molar-refractivity contribution in [3.63, 3.8) is 0 Å². The first kappa shape index (κ1) is 12.2. The first-order valence-electron chi connectivity index (χ1n) is 3.41. The highest BCUT2D eigenvalue weighted by molar-refractivity contribution is 6.61. The highest BCUT2D eigenvalue weighted by Crippen LogP contribution is 2.03. The topological polar surface area (TPSA) is 39.2 Å². The van der Waals surface area contributed by atoms with Crippen molar-refractivity contribution < 1.29 is 9.53 Å². The van der Waals surface area contributed by atoms with E-state index >= 15 is 0 Å². The highest BCUT2D eigenvalue weighted by Gasteiger charge is 1.97. The van der Waals surface area contributed by atoms with Crippen LogP contribution in [0.1, 0.15) is 11.1 Å². The second-order valence-corrected chi connectivity index (χ2v) is 2.71. The van der Waals surface area contributed by atoms with E-state index in [0.29, 0.717) is 0 Å². The first-order chi connectivity index (χ1) is 5.68. The molecule has 0 aliphatic heterocycles. The van der Waals surface area contributed by atoms with Crippen molar-refractivity contribution in [3.05, 3.63) is 29.6 Å². The van der Waals surface area contributed by atoms with Crippen LogP contribution in [0.2, 0.25) is 0 Å². The summed E-state index contributed by atoms with van der Waals surface area (Å²) in [6.45, 7) is 2.09. The summed E-state index contributed by atoms with van der Waals surface area (Å²) < 4.78 is 4.57. The zero-order valence-corrected chi connectivity index (χ0v) is 8.56. The molecule has 0 radical (unpaired) electrons. The summed E-state index contributed by atoms with van der Waals surface area (Å²) in [7, 11) is 0. The van der Waals surface area contributed by atoms with Gasteiger partial charge in [0.1, 0.15) is 6.61 Å². The molecule has 0 atom stereocenters. The predicted molar refractivity (Wildman–Crippen MR) is 52.3 cm³/mol. The summed E-state index contributed by atoms with van der Waals surface area (Å²) in [5.41, 5.74) is 1.07. The normalized spacial score (nSPS) is 8.77. The number of pyridine rings is 1. The Kier molecular flexibility index (Phi) is 5.42. The average Bonchev–Trinajstić information content (AvgIpc) is 2.01. The second kappa shape index (κ2) is 5.78. The third-order valence-electron chi connectivity index (χ3n) is 1.28. The predicted octanol–water partition coefficient (Wildman–Crippen LogP) is 2.69. The number of halogens is 2. The van der Waals surface area contributed by atoms with Crippen LogP contribution in [0.3, 0.4) is 0 Å². The van der Waals surface area contributed by atoms with Crippen molar-refractivity contribution in [2.75, 3.05) is 0 Å². The third kappa shape index (κ3) is 4.70. The molecule has 1 rings (SSSR count). The van der Waals surface area contributed by atoms with Gasteiger partial charge in [-0.2, -0.15) is 0 Å². The van der Waals surface area contributed by atoms with E-state index in [0.717, 1.165) is 11.1 Å². The fourth-order valence-corrected chi connectivity index (χ4v) is 0.891. The van der Waals surface area contributed by atoms with Gasteiger partial charge in [-0.15, -0.1) is 12.4 Å². The quantitative estimate of drug-likeness (QED) is 0.722. The number of rotatable bonds is 2. The molecule has 0 saturated carbocycles. The maximum atomic E-state index is 10.2. The van der Waals surface area contributed by atoms with Crippen LogP contribution in [0.5, 0.6) is 0 Å². The van der Waals surface area contributed by atoms with Crippen LogP contribution in [0.15, 0.2) is 18.5 Å². The van der Waals surface area contributed by atoms with Crippen molar-refractivity contribution in [1.29, 1.82) is 0 Å². The van der Waals surface area contributed by atoms with Crippen LogP contribution in [0.4, 0.5) is 4.79 Å². The van der Waals surface area contributed by atoms with Crippen LogP contribution < -0.4 is 0 Å². The molecule has 0 saturated heterocycles. The molecule has 0 fully saturated rings. The molecule has 72 valence electrons. The maximum absolute atomic E-state index is 10.2. The Bertz CT molecular complexity index is 291. The molecule has 0 unspecified atom stereocenters. The molecule has 5 heteroatoms. The molecule has 1 aromatic rings. The zero-order valence-electron chi connectivity index (χ0n) is 6.99. The fraction of sp³-hybridized carbons (Fsp3) is 0.250. The smallest absolute Gasteiger partial charge is 0.404 e. The Balaban J connectivity index is 0.00000144. The van der Waals surface area contributed by atoms with E-state index in [2.05, 4.69) is 9.72 Å². The molecule has 1 heterocycles. The number of carbonyl (C=O) groups excluding carboxylic acids is 1. The summed E-state index contributed by atoms with van der Waals surface area (Å²) >= 11 is 4.99. The number of hydrogen-bond acceptors (Lipinski definition) is 3. The lowest BCUT2D eigenvalue weighted by Crippen LogP contribution is -1.95. The Morgan fingerprint density at radius 2 is 2.31 bits per heavy atom. The number of hydrogen-bond donors (Lipinski definition) is 0. The van der Waals surface area contributed by atoms with Gasteiger partial charge in [-0.1, -0.05) is 0 Å². The largest absolute Gasteiger partial charge is 0.449 e. The monoisotopic (exact) mass is 221 g/mol. The summed E-state index contributed by atoms with van der Waals surface area (Å²) in [5.74, 6) is 0. The van der Waals surface area contributed by atoms with E-state index in [4.69, 9.17) is 11.6 Å². The zero-order chi connectivity index (χ0) is 8.97. The SMILES string of the molecule is Cc1cncc(COC(=O)Cl)c1.Cl. The van der Waals surface area contributed by atoms with Gasteiger partial charge in [0.05, 0.1) is 0 Å². The third-order valence-corrected chi connectivity index (χ3v) is 1.39. The summed E-state index contributed by atoms with van der Waals surface area (Å²) in [5, 5.41) is 0. The van der Waals surface area contributed by atoms with Gasteiger partial charge in [-0.3, -0.25) is 4.98 Å². The van der Waals surface area contributed by atoms with Crippen LogP contribution in [-0.2, 0) is 11.3 Å². The molecule has 0 N–H and O–H groups in total. The maximum Gasteiger partial charge on any atom is 0.404 e. The van der Waals surface area contributed by atoms with Crippen molar-refractivity contribution in [2.45, 2.75) is 13.5 Å². The summed E-state index contributed by atoms with van der Waals surface area (Å²) in [6, 6.07) is 1.88. The van der Waals surface area contributed by atoms with Crippen LogP contribution >= 0.6 is 24.0 Å². The van der Waals surface area contributed by atoms with Crippen LogP contribution in [-0.4, -0.2) is 10.4 Å². The summed E-state index contributed by atoms with van der Waals surface area (Å²) in [6.07, 6.45) is 3.36.